The standard InChI is InChI=1S/C21H26N4O4/c1-21(2)8-13(9-22)24(11-21)10-12-4-3-5-14-17(12)20(29)25(19(14)28)15-6-7-16(26)23-18(15)27/h3-5,13,15H,6-11,22H2,1-2H3,(H,23,26,27). The van der Waals surface area contributed by atoms with Crippen LogP contribution in [0.5, 0.6) is 0 Å². The van der Waals surface area contributed by atoms with Gasteiger partial charge in [0.25, 0.3) is 11.8 Å². The van der Waals surface area contributed by atoms with E-state index in [1.165, 1.54) is 0 Å². The van der Waals surface area contributed by atoms with Crippen LogP contribution in [0.2, 0.25) is 0 Å². The van der Waals surface area contributed by atoms with Crippen LogP contribution in [0.3, 0.4) is 0 Å². The first-order chi connectivity index (χ1) is 13.7. The fourth-order valence-electron chi connectivity index (χ4n) is 4.86. The van der Waals surface area contributed by atoms with E-state index in [-0.39, 0.29) is 30.2 Å². The van der Waals surface area contributed by atoms with Gasteiger partial charge in [-0.3, -0.25) is 34.3 Å². The van der Waals surface area contributed by atoms with Crippen molar-refractivity contribution in [1.82, 2.24) is 15.1 Å². The number of fused-ring (bicyclic) bond motifs is 1. The SMILES string of the molecule is CC1(C)CC(CN)N(Cc2cccc3c2C(=O)N(C2CCC(=O)NC2=O)C3=O)C1. The quantitative estimate of drug-likeness (QED) is 0.720. The fraction of sp³-hybridized carbons (Fsp3) is 0.524. The first kappa shape index (κ1) is 19.7. The summed E-state index contributed by atoms with van der Waals surface area (Å²) in [7, 11) is 0. The summed E-state index contributed by atoms with van der Waals surface area (Å²) in [6.07, 6.45) is 1.24. The van der Waals surface area contributed by atoms with Gasteiger partial charge in [0.05, 0.1) is 11.1 Å². The van der Waals surface area contributed by atoms with Crippen molar-refractivity contribution in [2.45, 2.75) is 51.7 Å². The normalized spacial score (nSPS) is 26.8. The van der Waals surface area contributed by atoms with E-state index in [1.807, 2.05) is 6.07 Å². The van der Waals surface area contributed by atoms with E-state index in [1.54, 1.807) is 12.1 Å². The molecule has 2 atom stereocenters. The van der Waals surface area contributed by atoms with E-state index in [9.17, 15) is 19.2 Å². The summed E-state index contributed by atoms with van der Waals surface area (Å²) in [6.45, 7) is 6.32. The molecule has 4 rings (SSSR count). The molecule has 0 aromatic heterocycles. The fourth-order valence-corrected chi connectivity index (χ4v) is 4.86. The lowest BCUT2D eigenvalue weighted by molar-refractivity contribution is -0.136. The molecule has 0 bridgehead atoms. The van der Waals surface area contributed by atoms with Gasteiger partial charge in [0.15, 0.2) is 0 Å². The lowest BCUT2D eigenvalue weighted by atomic mass is 9.91. The van der Waals surface area contributed by atoms with E-state index in [4.69, 9.17) is 5.73 Å². The van der Waals surface area contributed by atoms with Crippen molar-refractivity contribution < 1.29 is 19.2 Å². The molecule has 0 radical (unpaired) electrons. The number of piperidine rings is 1. The Balaban J connectivity index is 1.63. The van der Waals surface area contributed by atoms with Crippen LogP contribution in [0, 0.1) is 5.41 Å². The number of likely N-dealkylation sites (tertiary alicyclic amines) is 1. The van der Waals surface area contributed by atoms with Crippen LogP contribution in [0.4, 0.5) is 0 Å². The predicted molar refractivity (Wildman–Crippen MR) is 105 cm³/mol. The highest BCUT2D eigenvalue weighted by atomic mass is 16.2. The van der Waals surface area contributed by atoms with E-state index >= 15 is 0 Å². The van der Waals surface area contributed by atoms with Crippen molar-refractivity contribution in [1.29, 1.82) is 0 Å². The molecule has 2 saturated heterocycles. The molecule has 1 aromatic carbocycles. The smallest absolute Gasteiger partial charge is 0.262 e. The number of carbonyl (C=O) groups excluding carboxylic acids is 4. The lowest BCUT2D eigenvalue weighted by Crippen LogP contribution is -2.54. The maximum absolute atomic E-state index is 13.2. The highest BCUT2D eigenvalue weighted by Gasteiger charge is 2.46. The first-order valence-corrected chi connectivity index (χ1v) is 9.99. The van der Waals surface area contributed by atoms with Gasteiger partial charge in [-0.25, -0.2) is 0 Å². The lowest BCUT2D eigenvalue weighted by Gasteiger charge is -2.28. The Hall–Kier alpha value is -2.58. The van der Waals surface area contributed by atoms with Gasteiger partial charge in [-0.2, -0.15) is 0 Å². The van der Waals surface area contributed by atoms with Crippen LogP contribution in [-0.2, 0) is 16.1 Å². The van der Waals surface area contributed by atoms with E-state index < -0.39 is 23.8 Å². The van der Waals surface area contributed by atoms with E-state index in [2.05, 4.69) is 24.1 Å². The number of carbonyl (C=O) groups is 4. The largest absolute Gasteiger partial charge is 0.329 e. The summed E-state index contributed by atoms with van der Waals surface area (Å²) in [5.41, 5.74) is 7.56. The number of benzene rings is 1. The van der Waals surface area contributed by atoms with Crippen molar-refractivity contribution in [3.8, 4) is 0 Å². The maximum atomic E-state index is 13.2. The number of imide groups is 2. The molecule has 0 saturated carbocycles. The van der Waals surface area contributed by atoms with Crippen LogP contribution in [0.1, 0.15) is 59.4 Å². The zero-order valence-electron chi connectivity index (χ0n) is 16.7. The number of hydrogen-bond donors (Lipinski definition) is 2. The molecule has 8 nitrogen and oxygen atoms in total. The molecule has 4 amide bonds. The van der Waals surface area contributed by atoms with Gasteiger partial charge >= 0.3 is 0 Å². The molecule has 154 valence electrons. The minimum atomic E-state index is -0.949. The average Bonchev–Trinajstić information content (AvgIpc) is 3.09. The zero-order chi connectivity index (χ0) is 20.9. The minimum absolute atomic E-state index is 0.109. The maximum Gasteiger partial charge on any atom is 0.262 e. The second-order valence-corrected chi connectivity index (χ2v) is 8.95. The van der Waals surface area contributed by atoms with Gasteiger partial charge in [-0.05, 0) is 29.9 Å². The molecule has 2 fully saturated rings. The molecular formula is C21H26N4O4. The third kappa shape index (κ3) is 3.36. The Labute approximate surface area is 169 Å². The Morgan fingerprint density at radius 2 is 1.93 bits per heavy atom. The van der Waals surface area contributed by atoms with Crippen LogP contribution >= 0.6 is 0 Å². The van der Waals surface area contributed by atoms with Crippen molar-refractivity contribution in [2.24, 2.45) is 11.1 Å². The van der Waals surface area contributed by atoms with Gasteiger partial charge in [-0.1, -0.05) is 26.0 Å². The van der Waals surface area contributed by atoms with E-state index in [0.29, 0.717) is 24.2 Å². The number of rotatable bonds is 4. The topological polar surface area (TPSA) is 113 Å². The number of amides is 4. The number of nitrogens with two attached hydrogens (primary N) is 1. The summed E-state index contributed by atoms with van der Waals surface area (Å²) in [5.74, 6) is -1.91. The zero-order valence-corrected chi connectivity index (χ0v) is 16.7. The van der Waals surface area contributed by atoms with Crippen molar-refractivity contribution >= 4 is 23.6 Å². The van der Waals surface area contributed by atoms with Crippen LogP contribution in [-0.4, -0.2) is 58.6 Å². The van der Waals surface area contributed by atoms with Crippen molar-refractivity contribution in [3.05, 3.63) is 34.9 Å². The number of nitrogens with zero attached hydrogens (tertiary/aromatic N) is 2. The van der Waals surface area contributed by atoms with Crippen molar-refractivity contribution in [3.63, 3.8) is 0 Å². The number of nitrogens with one attached hydrogen (secondary N) is 1. The molecule has 3 N–H and O–H groups in total. The molecule has 8 heteroatoms. The molecule has 29 heavy (non-hydrogen) atoms. The average molecular weight is 398 g/mol. The molecule has 0 spiro atoms. The Morgan fingerprint density at radius 3 is 2.62 bits per heavy atom. The third-order valence-electron chi connectivity index (χ3n) is 6.14. The first-order valence-electron chi connectivity index (χ1n) is 9.99. The number of hydrogen-bond acceptors (Lipinski definition) is 6. The third-order valence-corrected chi connectivity index (χ3v) is 6.14. The minimum Gasteiger partial charge on any atom is -0.329 e. The Kier molecular flexibility index (Phi) is 4.78. The Morgan fingerprint density at radius 1 is 1.17 bits per heavy atom. The monoisotopic (exact) mass is 398 g/mol. The molecule has 3 aliphatic rings. The van der Waals surface area contributed by atoms with Gasteiger partial charge in [0, 0.05) is 32.1 Å². The molecular weight excluding hydrogens is 372 g/mol. The summed E-state index contributed by atoms with van der Waals surface area (Å²) in [4.78, 5) is 53.1. The van der Waals surface area contributed by atoms with Gasteiger partial charge in [0.2, 0.25) is 11.8 Å². The summed E-state index contributed by atoms with van der Waals surface area (Å²) in [6, 6.07) is 4.53. The predicted octanol–water partition coefficient (Wildman–Crippen LogP) is 0.647. The summed E-state index contributed by atoms with van der Waals surface area (Å²) < 4.78 is 0. The van der Waals surface area contributed by atoms with E-state index in [0.717, 1.165) is 23.4 Å². The van der Waals surface area contributed by atoms with Crippen LogP contribution in [0.15, 0.2) is 18.2 Å². The summed E-state index contributed by atoms with van der Waals surface area (Å²) >= 11 is 0. The van der Waals surface area contributed by atoms with Crippen molar-refractivity contribution in [2.75, 3.05) is 13.1 Å². The Bertz CT molecular complexity index is 910. The molecule has 0 aliphatic carbocycles. The second kappa shape index (κ2) is 7.03. The molecule has 1 aromatic rings. The molecule has 2 unspecified atom stereocenters. The second-order valence-electron chi connectivity index (χ2n) is 8.95. The summed E-state index contributed by atoms with van der Waals surface area (Å²) in [5, 5.41) is 2.22. The molecule has 3 aliphatic heterocycles. The highest BCUT2D eigenvalue weighted by Crippen LogP contribution is 2.36. The van der Waals surface area contributed by atoms with Gasteiger partial charge in [-0.15, -0.1) is 0 Å². The van der Waals surface area contributed by atoms with Crippen LogP contribution < -0.4 is 11.1 Å². The molecule has 3 heterocycles. The van der Waals surface area contributed by atoms with Gasteiger partial charge < -0.3 is 5.73 Å². The van der Waals surface area contributed by atoms with Gasteiger partial charge in [0.1, 0.15) is 6.04 Å². The highest BCUT2D eigenvalue weighted by molar-refractivity contribution is 6.24. The van der Waals surface area contributed by atoms with Crippen LogP contribution in [0.25, 0.3) is 0 Å².